The number of rotatable bonds is 7. The summed E-state index contributed by atoms with van der Waals surface area (Å²) >= 11 is 1.75. The SMILES string of the molecule is CCNC(CCc1cccs1)c1ccc(OC)cc1F. The Balaban J connectivity index is 2.11. The fourth-order valence-corrected chi connectivity index (χ4v) is 3.00. The largest absolute Gasteiger partial charge is 0.497 e. The zero-order valence-electron chi connectivity index (χ0n) is 11.9. The van der Waals surface area contributed by atoms with Gasteiger partial charge < -0.3 is 10.1 Å². The van der Waals surface area contributed by atoms with Crippen LogP contribution in [0.5, 0.6) is 5.75 Å². The highest BCUT2D eigenvalue weighted by Gasteiger charge is 2.15. The fraction of sp³-hybridized carbons (Fsp3) is 0.375. The van der Waals surface area contributed by atoms with E-state index in [-0.39, 0.29) is 11.9 Å². The normalized spacial score (nSPS) is 12.3. The van der Waals surface area contributed by atoms with Crippen LogP contribution in [0.4, 0.5) is 4.39 Å². The Morgan fingerprint density at radius 3 is 2.80 bits per heavy atom. The molecule has 0 spiro atoms. The number of methoxy groups -OCH3 is 1. The molecule has 0 amide bonds. The van der Waals surface area contributed by atoms with Gasteiger partial charge in [0.1, 0.15) is 11.6 Å². The lowest BCUT2D eigenvalue weighted by Crippen LogP contribution is -2.22. The van der Waals surface area contributed by atoms with Gasteiger partial charge in [-0.15, -0.1) is 11.3 Å². The number of halogens is 1. The molecular formula is C16H20FNOS. The molecule has 1 unspecified atom stereocenters. The smallest absolute Gasteiger partial charge is 0.131 e. The van der Waals surface area contributed by atoms with Gasteiger partial charge in [0.05, 0.1) is 7.11 Å². The minimum Gasteiger partial charge on any atom is -0.497 e. The van der Waals surface area contributed by atoms with E-state index < -0.39 is 0 Å². The Bertz CT molecular complexity index is 527. The summed E-state index contributed by atoms with van der Waals surface area (Å²) in [6, 6.07) is 9.29. The highest BCUT2D eigenvalue weighted by molar-refractivity contribution is 7.09. The number of hydrogen-bond donors (Lipinski definition) is 1. The van der Waals surface area contributed by atoms with Crippen molar-refractivity contribution in [3.63, 3.8) is 0 Å². The maximum Gasteiger partial charge on any atom is 0.131 e. The van der Waals surface area contributed by atoms with E-state index in [9.17, 15) is 4.39 Å². The maximum atomic E-state index is 14.2. The lowest BCUT2D eigenvalue weighted by Gasteiger charge is -2.19. The van der Waals surface area contributed by atoms with E-state index in [2.05, 4.69) is 22.8 Å². The molecule has 0 aliphatic carbocycles. The Hall–Kier alpha value is -1.39. The van der Waals surface area contributed by atoms with Crippen LogP contribution in [0.25, 0.3) is 0 Å². The molecule has 2 rings (SSSR count). The molecular weight excluding hydrogens is 273 g/mol. The first-order valence-corrected chi connectivity index (χ1v) is 7.71. The molecule has 108 valence electrons. The molecule has 1 N–H and O–H groups in total. The summed E-state index contributed by atoms with van der Waals surface area (Å²) in [5.74, 6) is 0.348. The van der Waals surface area contributed by atoms with Crippen molar-refractivity contribution in [2.45, 2.75) is 25.8 Å². The number of benzene rings is 1. The van der Waals surface area contributed by atoms with Crippen molar-refractivity contribution in [3.05, 3.63) is 52.0 Å². The van der Waals surface area contributed by atoms with Gasteiger partial charge >= 0.3 is 0 Å². The van der Waals surface area contributed by atoms with E-state index in [0.717, 1.165) is 19.4 Å². The second-order valence-corrected chi connectivity index (χ2v) is 5.65. The molecule has 2 aromatic rings. The van der Waals surface area contributed by atoms with Gasteiger partial charge in [0.25, 0.3) is 0 Å². The summed E-state index contributed by atoms with van der Waals surface area (Å²) in [6.45, 7) is 2.86. The Labute approximate surface area is 123 Å². The topological polar surface area (TPSA) is 21.3 Å². The van der Waals surface area contributed by atoms with E-state index >= 15 is 0 Å². The van der Waals surface area contributed by atoms with Crippen LogP contribution in [0.1, 0.15) is 29.8 Å². The average molecular weight is 293 g/mol. The number of hydrogen-bond acceptors (Lipinski definition) is 3. The Morgan fingerprint density at radius 2 is 2.20 bits per heavy atom. The molecule has 0 fully saturated rings. The van der Waals surface area contributed by atoms with Crippen LogP contribution in [0.3, 0.4) is 0 Å². The highest BCUT2D eigenvalue weighted by atomic mass is 32.1. The third kappa shape index (κ3) is 3.81. The monoisotopic (exact) mass is 293 g/mol. The second-order valence-electron chi connectivity index (χ2n) is 4.62. The van der Waals surface area contributed by atoms with Gasteiger partial charge in [-0.3, -0.25) is 0 Å². The van der Waals surface area contributed by atoms with Gasteiger partial charge in [0.2, 0.25) is 0 Å². The van der Waals surface area contributed by atoms with Gasteiger partial charge in [-0.2, -0.15) is 0 Å². The van der Waals surface area contributed by atoms with Crippen molar-refractivity contribution >= 4 is 11.3 Å². The van der Waals surface area contributed by atoms with Crippen LogP contribution in [0.2, 0.25) is 0 Å². The molecule has 0 bridgehead atoms. The van der Waals surface area contributed by atoms with Crippen molar-refractivity contribution in [2.24, 2.45) is 0 Å². The molecule has 1 aromatic carbocycles. The van der Waals surface area contributed by atoms with Crippen LogP contribution in [0.15, 0.2) is 35.7 Å². The van der Waals surface area contributed by atoms with Crippen LogP contribution < -0.4 is 10.1 Å². The number of ether oxygens (including phenoxy) is 1. The Kier molecular flexibility index (Phi) is 5.56. The van der Waals surface area contributed by atoms with Crippen LogP contribution in [0, 0.1) is 5.82 Å². The quantitative estimate of drug-likeness (QED) is 0.827. The molecule has 0 radical (unpaired) electrons. The molecule has 1 atom stereocenters. The number of nitrogens with one attached hydrogen (secondary N) is 1. The molecule has 1 heterocycles. The summed E-state index contributed by atoms with van der Waals surface area (Å²) < 4.78 is 19.2. The van der Waals surface area contributed by atoms with Crippen LogP contribution >= 0.6 is 11.3 Å². The highest BCUT2D eigenvalue weighted by Crippen LogP contribution is 2.26. The molecule has 0 aliphatic heterocycles. The summed E-state index contributed by atoms with van der Waals surface area (Å²) in [7, 11) is 1.55. The first-order chi connectivity index (χ1) is 9.74. The van der Waals surface area contributed by atoms with Gasteiger partial charge in [-0.05, 0) is 36.9 Å². The molecule has 4 heteroatoms. The van der Waals surface area contributed by atoms with E-state index in [0.29, 0.717) is 11.3 Å². The zero-order valence-corrected chi connectivity index (χ0v) is 12.7. The van der Waals surface area contributed by atoms with Gasteiger partial charge in [-0.1, -0.05) is 19.1 Å². The standard InChI is InChI=1S/C16H20FNOS/c1-3-18-16(9-7-13-5-4-10-20-13)14-8-6-12(19-2)11-15(14)17/h4-6,8,10-11,16,18H,3,7,9H2,1-2H3. The van der Waals surface area contributed by atoms with Gasteiger partial charge in [0.15, 0.2) is 0 Å². The minimum absolute atomic E-state index is 0.0352. The maximum absolute atomic E-state index is 14.2. The Morgan fingerprint density at radius 1 is 1.35 bits per heavy atom. The van der Waals surface area contributed by atoms with Crippen LogP contribution in [-0.4, -0.2) is 13.7 Å². The van der Waals surface area contributed by atoms with Crippen LogP contribution in [-0.2, 0) is 6.42 Å². The van der Waals surface area contributed by atoms with E-state index in [1.54, 1.807) is 18.4 Å². The first kappa shape index (κ1) is 15.0. The predicted octanol–water partition coefficient (Wildman–Crippen LogP) is 4.18. The third-order valence-corrected chi connectivity index (χ3v) is 4.23. The fourth-order valence-electron chi connectivity index (χ4n) is 2.27. The van der Waals surface area contributed by atoms with E-state index in [1.165, 1.54) is 10.9 Å². The van der Waals surface area contributed by atoms with Crippen molar-refractivity contribution < 1.29 is 9.13 Å². The summed E-state index contributed by atoms with van der Waals surface area (Å²) in [5, 5.41) is 5.44. The van der Waals surface area contributed by atoms with E-state index in [1.807, 2.05) is 19.1 Å². The molecule has 2 nitrogen and oxygen atoms in total. The lowest BCUT2D eigenvalue weighted by atomic mass is 10.0. The van der Waals surface area contributed by atoms with Crippen molar-refractivity contribution in [3.8, 4) is 5.75 Å². The molecule has 20 heavy (non-hydrogen) atoms. The number of thiophene rings is 1. The third-order valence-electron chi connectivity index (χ3n) is 3.29. The minimum atomic E-state index is -0.207. The molecule has 1 aromatic heterocycles. The zero-order chi connectivity index (χ0) is 14.4. The predicted molar refractivity (Wildman–Crippen MR) is 82.0 cm³/mol. The molecule has 0 aliphatic rings. The summed E-state index contributed by atoms with van der Waals surface area (Å²) in [5.41, 5.74) is 0.712. The van der Waals surface area contributed by atoms with E-state index in [4.69, 9.17) is 4.74 Å². The van der Waals surface area contributed by atoms with Gasteiger partial charge in [-0.25, -0.2) is 4.39 Å². The molecule has 0 saturated carbocycles. The van der Waals surface area contributed by atoms with Crippen molar-refractivity contribution in [1.82, 2.24) is 5.32 Å². The first-order valence-electron chi connectivity index (χ1n) is 6.83. The van der Waals surface area contributed by atoms with Crippen molar-refractivity contribution in [2.75, 3.05) is 13.7 Å². The summed E-state index contributed by atoms with van der Waals surface area (Å²) in [6.07, 6.45) is 1.85. The average Bonchev–Trinajstić information content (AvgIpc) is 2.97. The van der Waals surface area contributed by atoms with Gasteiger partial charge in [0, 0.05) is 22.5 Å². The second kappa shape index (κ2) is 7.41. The molecule has 0 saturated heterocycles. The number of aryl methyl sites for hydroxylation is 1. The summed E-state index contributed by atoms with van der Waals surface area (Å²) in [4.78, 5) is 1.34. The van der Waals surface area contributed by atoms with Crippen molar-refractivity contribution in [1.29, 1.82) is 0 Å². The lowest BCUT2D eigenvalue weighted by molar-refractivity contribution is 0.408.